The summed E-state index contributed by atoms with van der Waals surface area (Å²) < 4.78 is 0. The number of benzene rings is 1. The Kier molecular flexibility index (Phi) is 3.96. The molecule has 1 aromatic rings. The van der Waals surface area contributed by atoms with Gasteiger partial charge in [-0.1, -0.05) is 36.7 Å². The Morgan fingerprint density at radius 1 is 1.15 bits per heavy atom. The highest BCUT2D eigenvalue weighted by Crippen LogP contribution is 2.38. The van der Waals surface area contributed by atoms with Gasteiger partial charge in [-0.15, -0.1) is 33.2 Å². The first-order valence-corrected chi connectivity index (χ1v) is 9.23. The van der Waals surface area contributed by atoms with Crippen LogP contribution in [0.5, 0.6) is 0 Å². The molecule has 0 fully saturated rings. The van der Waals surface area contributed by atoms with E-state index in [-0.39, 0.29) is 5.54 Å². The monoisotopic (exact) mass is 272 g/mol. The lowest BCUT2D eigenvalue weighted by molar-refractivity contribution is 1.07. The molecule has 1 unspecified atom stereocenters. The van der Waals surface area contributed by atoms with Gasteiger partial charge < -0.3 is 0 Å². The SMILES string of the molecule is CC(c1ccccc1Cl)[Si](Cl)(Cl)Cl. The molecule has 0 saturated carbocycles. The lowest BCUT2D eigenvalue weighted by atomic mass is 10.2. The van der Waals surface area contributed by atoms with Crippen molar-refractivity contribution in [1.82, 2.24) is 0 Å². The first-order valence-electron chi connectivity index (χ1n) is 3.74. The molecule has 0 saturated heterocycles. The summed E-state index contributed by atoms with van der Waals surface area (Å²) in [5, 5.41) is 0.661. The molecule has 72 valence electrons. The summed E-state index contributed by atoms with van der Waals surface area (Å²) in [6, 6.07) is 4.74. The maximum atomic E-state index is 5.97. The van der Waals surface area contributed by atoms with Crippen LogP contribution in [-0.2, 0) is 0 Å². The highest BCUT2D eigenvalue weighted by atomic mass is 35.8. The van der Waals surface area contributed by atoms with Crippen molar-refractivity contribution in [2.75, 3.05) is 0 Å². The Bertz CT molecular complexity index is 294. The standard InChI is InChI=1S/C8H8Cl4Si/c1-6(13(10,11)12)7-4-2-3-5-8(7)9/h2-6H,1H3. The third kappa shape index (κ3) is 3.03. The fraction of sp³-hybridized carbons (Fsp3) is 0.250. The van der Waals surface area contributed by atoms with Gasteiger partial charge in [0.25, 0.3) is 0 Å². The van der Waals surface area contributed by atoms with Crippen molar-refractivity contribution in [2.45, 2.75) is 12.5 Å². The lowest BCUT2D eigenvalue weighted by Gasteiger charge is -2.18. The van der Waals surface area contributed by atoms with Crippen molar-refractivity contribution >= 4 is 50.8 Å². The van der Waals surface area contributed by atoms with Crippen LogP contribution >= 0.6 is 44.8 Å². The lowest BCUT2D eigenvalue weighted by Crippen LogP contribution is -2.20. The van der Waals surface area contributed by atoms with Crippen molar-refractivity contribution in [3.63, 3.8) is 0 Å². The van der Waals surface area contributed by atoms with E-state index in [4.69, 9.17) is 44.8 Å². The van der Waals surface area contributed by atoms with Crippen LogP contribution in [0.1, 0.15) is 18.0 Å². The van der Waals surface area contributed by atoms with E-state index in [1.807, 2.05) is 25.1 Å². The highest BCUT2D eigenvalue weighted by molar-refractivity contribution is 7.65. The summed E-state index contributed by atoms with van der Waals surface area (Å²) in [7, 11) is 0. The molecule has 0 nitrogen and oxygen atoms in total. The van der Waals surface area contributed by atoms with Crippen LogP contribution < -0.4 is 0 Å². The predicted molar refractivity (Wildman–Crippen MR) is 63.2 cm³/mol. The van der Waals surface area contributed by atoms with Crippen LogP contribution in [0.3, 0.4) is 0 Å². The quantitative estimate of drug-likeness (QED) is 0.544. The van der Waals surface area contributed by atoms with Crippen LogP contribution in [0.15, 0.2) is 24.3 Å². The van der Waals surface area contributed by atoms with Gasteiger partial charge >= 0.3 is 6.00 Å². The van der Waals surface area contributed by atoms with E-state index in [2.05, 4.69) is 0 Å². The first kappa shape index (κ1) is 11.7. The fourth-order valence-corrected chi connectivity index (χ4v) is 3.06. The molecule has 1 rings (SSSR count). The Morgan fingerprint density at radius 3 is 2.15 bits per heavy atom. The molecule has 0 amide bonds. The van der Waals surface area contributed by atoms with Crippen molar-refractivity contribution in [3.05, 3.63) is 34.9 Å². The van der Waals surface area contributed by atoms with Crippen molar-refractivity contribution in [1.29, 1.82) is 0 Å². The Balaban J connectivity index is 3.02. The van der Waals surface area contributed by atoms with Gasteiger partial charge in [-0.05, 0) is 11.6 Å². The topological polar surface area (TPSA) is 0 Å². The van der Waals surface area contributed by atoms with Crippen molar-refractivity contribution in [3.8, 4) is 0 Å². The molecule has 5 heteroatoms. The minimum atomic E-state index is -2.70. The molecule has 0 spiro atoms. The molecule has 0 aromatic heterocycles. The number of hydrogen-bond acceptors (Lipinski definition) is 0. The van der Waals surface area contributed by atoms with E-state index in [0.717, 1.165) is 5.56 Å². The third-order valence-corrected chi connectivity index (χ3v) is 6.45. The smallest absolute Gasteiger partial charge is 0.125 e. The number of halogens is 4. The second kappa shape index (κ2) is 4.41. The molecule has 1 aromatic carbocycles. The normalized spacial score (nSPS) is 14.2. The molecule has 0 heterocycles. The Labute approximate surface area is 97.9 Å². The Hall–Kier alpha value is 0.597. The largest absolute Gasteiger partial charge is 0.348 e. The average Bonchev–Trinajstić information content (AvgIpc) is 2.02. The van der Waals surface area contributed by atoms with Gasteiger partial charge in [0.2, 0.25) is 0 Å². The molecule has 13 heavy (non-hydrogen) atoms. The summed E-state index contributed by atoms with van der Waals surface area (Å²) in [4.78, 5) is 0. The summed E-state index contributed by atoms with van der Waals surface area (Å²) >= 11 is 23.7. The molecular weight excluding hydrogens is 266 g/mol. The maximum Gasteiger partial charge on any atom is 0.348 e. The van der Waals surface area contributed by atoms with Crippen molar-refractivity contribution < 1.29 is 0 Å². The molecule has 0 N–H and O–H groups in total. The van der Waals surface area contributed by atoms with Crippen LogP contribution in [0.4, 0.5) is 0 Å². The Morgan fingerprint density at radius 2 is 1.69 bits per heavy atom. The zero-order valence-corrected chi connectivity index (χ0v) is 10.9. The van der Waals surface area contributed by atoms with Gasteiger partial charge in [-0.25, -0.2) is 0 Å². The number of rotatable bonds is 2. The highest BCUT2D eigenvalue weighted by Gasteiger charge is 2.35. The van der Waals surface area contributed by atoms with Crippen LogP contribution in [0.2, 0.25) is 5.02 Å². The predicted octanol–water partition coefficient (Wildman–Crippen LogP) is 4.64. The minimum Gasteiger partial charge on any atom is -0.125 e. The second-order valence-corrected chi connectivity index (χ2v) is 12.2. The van der Waals surface area contributed by atoms with Gasteiger partial charge in [0.1, 0.15) is 0 Å². The first-order chi connectivity index (χ1) is 5.93. The number of hydrogen-bond donors (Lipinski definition) is 0. The molecule has 0 aliphatic heterocycles. The minimum absolute atomic E-state index is 0.0776. The van der Waals surface area contributed by atoms with Crippen molar-refractivity contribution in [2.24, 2.45) is 0 Å². The van der Waals surface area contributed by atoms with E-state index < -0.39 is 6.00 Å². The van der Waals surface area contributed by atoms with Crippen LogP contribution in [-0.4, -0.2) is 6.00 Å². The van der Waals surface area contributed by atoms with E-state index in [9.17, 15) is 0 Å². The van der Waals surface area contributed by atoms with E-state index in [1.165, 1.54) is 0 Å². The van der Waals surface area contributed by atoms with Gasteiger partial charge in [0.05, 0.1) is 0 Å². The molecule has 0 bridgehead atoms. The van der Waals surface area contributed by atoms with E-state index >= 15 is 0 Å². The second-order valence-electron chi connectivity index (χ2n) is 2.78. The summed E-state index contributed by atoms with van der Waals surface area (Å²) in [6.45, 7) is 1.89. The van der Waals surface area contributed by atoms with Gasteiger partial charge in [-0.2, -0.15) is 0 Å². The van der Waals surface area contributed by atoms with Gasteiger partial charge in [0, 0.05) is 10.6 Å². The van der Waals surface area contributed by atoms with Gasteiger partial charge in [-0.3, -0.25) is 0 Å². The summed E-state index contributed by atoms with van der Waals surface area (Å²) in [5.41, 5.74) is 0.835. The van der Waals surface area contributed by atoms with Gasteiger partial charge in [0.15, 0.2) is 0 Å². The molecule has 0 aliphatic carbocycles. The maximum absolute atomic E-state index is 5.97. The van der Waals surface area contributed by atoms with Crippen LogP contribution in [0, 0.1) is 0 Å². The van der Waals surface area contributed by atoms with E-state index in [0.29, 0.717) is 5.02 Å². The average molecular weight is 274 g/mol. The van der Waals surface area contributed by atoms with Crippen LogP contribution in [0.25, 0.3) is 0 Å². The molecular formula is C8H8Cl4Si. The molecule has 0 radical (unpaired) electrons. The molecule has 0 aliphatic rings. The zero-order chi connectivity index (χ0) is 10.1. The third-order valence-electron chi connectivity index (χ3n) is 1.86. The molecule has 1 atom stereocenters. The van der Waals surface area contributed by atoms with E-state index in [1.54, 1.807) is 6.07 Å². The summed E-state index contributed by atoms with van der Waals surface area (Å²) in [5.74, 6) is 0. The summed E-state index contributed by atoms with van der Waals surface area (Å²) in [6.07, 6.45) is 0. The fourth-order valence-electron chi connectivity index (χ4n) is 1.00. The zero-order valence-electron chi connectivity index (χ0n) is 6.90.